The van der Waals surface area contributed by atoms with Crippen molar-refractivity contribution in [3.63, 3.8) is 0 Å². The van der Waals surface area contributed by atoms with E-state index < -0.39 is 11.9 Å². The zero-order valence-corrected chi connectivity index (χ0v) is 60.4. The highest BCUT2D eigenvalue weighted by molar-refractivity contribution is 7.15. The molecule has 0 amide bonds. The molecule has 0 saturated heterocycles. The number of imidazole rings is 4. The number of carbonyl (C=O) groups is 2. The lowest BCUT2D eigenvalue weighted by molar-refractivity contribution is -0.350. The van der Waals surface area contributed by atoms with Gasteiger partial charge < -0.3 is 23.5 Å². The van der Waals surface area contributed by atoms with E-state index in [0.29, 0.717) is 35.9 Å². The highest BCUT2D eigenvalue weighted by atomic mass is 32.1. The smallest absolute Gasteiger partial charge is 0.361 e. The van der Waals surface area contributed by atoms with Crippen LogP contribution in [0.1, 0.15) is 149 Å². The molecular formula is C85H68N12O10S2. The van der Waals surface area contributed by atoms with E-state index >= 15 is 0 Å². The first-order valence-electron chi connectivity index (χ1n) is 34.0. The fraction of sp³-hybridized carbons (Fsp3) is 0.176. The molecule has 0 bridgehead atoms. The molecular weight excluding hydrogens is 1410 g/mol. The highest BCUT2D eigenvalue weighted by Crippen LogP contribution is 2.37. The molecule has 0 radical (unpaired) electrons. The molecule has 6 aromatic heterocycles. The minimum Gasteiger partial charge on any atom is -0.434 e. The van der Waals surface area contributed by atoms with Crippen LogP contribution in [0.15, 0.2) is 191 Å². The summed E-state index contributed by atoms with van der Waals surface area (Å²) in [7, 11) is 0. The number of carbonyl (C=O) groups excluding carboxylic acids is 2. The third-order valence-electron chi connectivity index (χ3n) is 18.6. The second kappa shape index (κ2) is 32.5. The quantitative estimate of drug-likeness (QED) is 0.0173. The van der Waals surface area contributed by atoms with E-state index in [2.05, 4.69) is 81.7 Å². The van der Waals surface area contributed by atoms with E-state index in [1.807, 2.05) is 153 Å². The molecule has 0 saturated carbocycles. The number of thiophene rings is 2. The third kappa shape index (κ3) is 14.7. The monoisotopic (exact) mass is 1480 g/mol. The van der Waals surface area contributed by atoms with Crippen LogP contribution in [0.4, 0.5) is 0 Å². The topological polar surface area (TPSA) is 229 Å². The molecule has 24 heteroatoms. The summed E-state index contributed by atoms with van der Waals surface area (Å²) in [6, 6.07) is 47.8. The van der Waals surface area contributed by atoms with Gasteiger partial charge in [0.15, 0.2) is 38.6 Å². The SMILES string of the molecule is C.C#Cc1cc2c(s1)C(c1ccccc1C)=NCc1c(COOCOCOC(=O)c3ncn4c3CN=C(c3ccccc3C)c3sc(C#C)cc3-4)ncn1-2.C#Cc1ccc2c(c1)C(c1ccccc1C)=NCc1c(COOCOCOC(=O)c3ncn4c3CN=C(c3ccccc3C)c3cc(C#C)ccc3-4)ncn1-2. The molecule has 0 spiro atoms. The predicted molar refractivity (Wildman–Crippen MR) is 415 cm³/mol. The van der Waals surface area contributed by atoms with Gasteiger partial charge in [-0.1, -0.05) is 128 Å². The van der Waals surface area contributed by atoms with Gasteiger partial charge in [0.05, 0.1) is 138 Å². The molecule has 0 atom stereocenters. The minimum atomic E-state index is -0.660. The lowest BCUT2D eigenvalue weighted by Crippen LogP contribution is -2.13. The van der Waals surface area contributed by atoms with Crippen LogP contribution in [0.25, 0.3) is 22.7 Å². The maximum Gasteiger partial charge on any atom is 0.361 e. The molecule has 0 N–H and O–H groups in total. The fourth-order valence-corrected chi connectivity index (χ4v) is 15.1. The number of ether oxygens (including phenoxy) is 4. The summed E-state index contributed by atoms with van der Waals surface area (Å²) < 4.78 is 29.3. The number of esters is 2. The number of benzene rings is 6. The Bertz CT molecular complexity index is 5870. The summed E-state index contributed by atoms with van der Waals surface area (Å²) in [6.07, 6.45) is 29.7. The Labute approximate surface area is 636 Å². The second-order valence-corrected chi connectivity index (χ2v) is 27.1. The van der Waals surface area contributed by atoms with Crippen LogP contribution in [0.3, 0.4) is 0 Å². The number of aliphatic imine (C=N–C) groups is 4. The molecule has 4 aliphatic heterocycles. The third-order valence-corrected chi connectivity index (χ3v) is 20.7. The lowest BCUT2D eigenvalue weighted by atomic mass is 9.95. The first-order chi connectivity index (χ1) is 52.9. The lowest BCUT2D eigenvalue weighted by Gasteiger charge is -2.14. The van der Waals surface area contributed by atoms with Gasteiger partial charge in [-0.15, -0.1) is 48.4 Å². The van der Waals surface area contributed by atoms with Crippen molar-refractivity contribution in [3.05, 3.63) is 303 Å². The van der Waals surface area contributed by atoms with Crippen LogP contribution in [0.2, 0.25) is 0 Å². The Morgan fingerprint density at radius 2 is 0.743 bits per heavy atom. The number of rotatable bonds is 20. The predicted octanol–water partition coefficient (Wildman–Crippen LogP) is 13.9. The number of hydrogen-bond donors (Lipinski definition) is 0. The molecule has 0 aliphatic carbocycles. The number of aromatic nitrogens is 8. The van der Waals surface area contributed by atoms with Crippen LogP contribution in [0.5, 0.6) is 0 Å². The largest absolute Gasteiger partial charge is 0.434 e. The highest BCUT2D eigenvalue weighted by Gasteiger charge is 2.31. The fourth-order valence-electron chi connectivity index (χ4n) is 13.2. The van der Waals surface area contributed by atoms with Gasteiger partial charge in [0.1, 0.15) is 25.9 Å². The van der Waals surface area contributed by atoms with Gasteiger partial charge in [-0.05, 0) is 98.5 Å². The van der Waals surface area contributed by atoms with Gasteiger partial charge in [-0.25, -0.2) is 49.1 Å². The molecule has 6 aromatic carbocycles. The minimum absolute atomic E-state index is 0. The van der Waals surface area contributed by atoms with Crippen LogP contribution in [0, 0.1) is 77.1 Å². The zero-order chi connectivity index (χ0) is 74.4. The molecule has 16 rings (SSSR count). The molecule has 12 aromatic rings. The first-order valence-corrected chi connectivity index (χ1v) is 35.6. The van der Waals surface area contributed by atoms with E-state index in [9.17, 15) is 9.59 Å². The Hall–Kier alpha value is -12.8. The van der Waals surface area contributed by atoms with E-state index in [1.54, 1.807) is 25.3 Å². The number of terminal acetylenes is 4. The van der Waals surface area contributed by atoms with Gasteiger partial charge in [0, 0.05) is 44.5 Å². The van der Waals surface area contributed by atoms with Crippen molar-refractivity contribution in [1.29, 1.82) is 0 Å². The molecule has 540 valence electrons. The van der Waals surface area contributed by atoms with Crippen molar-refractivity contribution in [2.75, 3.05) is 27.2 Å². The summed E-state index contributed by atoms with van der Waals surface area (Å²) in [4.78, 5) is 89.0. The molecule has 0 fully saturated rings. The maximum absolute atomic E-state index is 13.2. The van der Waals surface area contributed by atoms with Crippen LogP contribution < -0.4 is 0 Å². The molecule has 4 aliphatic rings. The van der Waals surface area contributed by atoms with Crippen LogP contribution >= 0.6 is 22.7 Å². The number of hydrogen-bond acceptors (Lipinski definition) is 20. The Morgan fingerprint density at radius 3 is 1.14 bits per heavy atom. The number of nitrogens with zero attached hydrogens (tertiary/aromatic N) is 12. The van der Waals surface area contributed by atoms with E-state index in [1.165, 1.54) is 22.7 Å². The summed E-state index contributed by atoms with van der Waals surface area (Å²) in [5.41, 5.74) is 22.9. The van der Waals surface area contributed by atoms with Crippen molar-refractivity contribution >= 4 is 57.5 Å². The second-order valence-electron chi connectivity index (χ2n) is 24.9. The first kappa shape index (κ1) is 73.1. The molecule has 22 nitrogen and oxygen atoms in total. The summed E-state index contributed by atoms with van der Waals surface area (Å²) >= 11 is 3.00. The Kier molecular flexibility index (Phi) is 21.8. The van der Waals surface area contributed by atoms with Crippen molar-refractivity contribution in [2.24, 2.45) is 20.0 Å². The molecule has 109 heavy (non-hydrogen) atoms. The normalized spacial score (nSPS) is 12.7. The Balaban J connectivity index is 0.000000181. The van der Waals surface area contributed by atoms with Crippen molar-refractivity contribution in [1.82, 2.24) is 38.2 Å². The number of aryl methyl sites for hydroxylation is 4. The number of fused-ring (bicyclic) bond motifs is 12. The molecule has 10 heterocycles. The van der Waals surface area contributed by atoms with Gasteiger partial charge >= 0.3 is 11.9 Å². The average molecular weight is 1480 g/mol. The summed E-state index contributed by atoms with van der Waals surface area (Å²) in [5.74, 6) is 9.61. The Morgan fingerprint density at radius 1 is 0.394 bits per heavy atom. The van der Waals surface area contributed by atoms with Gasteiger partial charge in [0.2, 0.25) is 0 Å². The van der Waals surface area contributed by atoms with Gasteiger partial charge in [-0.3, -0.25) is 33.7 Å². The standard InChI is InChI=1S/C44H34N6O5.C40H30N6O5S2.CH4/c1-5-30-15-17-37-34(19-30)41(32-13-9-7-11-28(32)3)45-21-39-36(47-24-49(37)39)23-54-55-27-52-26-53-44(51)43-40-22-46-42(33-14-10-8-12-29(33)4)35-20-31(6-2)16-18-38(35)50(40)25-48-43;1-5-26-15-31-38(52-26)35(28-13-9-7-11-24(28)3)41-17-33-30(43-20-45(31)33)19-50-51-23-48-22-49-40(47)37-34-18-42-36(29-14-10-8-12-25(29)4)39-32(46(34)21-44-37)16-27(6-2)53-39;/h1-2,7-20,24-25H,21-23,26-27H2,3-4H3;1-2,7-16,20-21H,17-19,22-23H2,3-4H3;1H4. The van der Waals surface area contributed by atoms with Gasteiger partial charge in [0.25, 0.3) is 0 Å². The van der Waals surface area contributed by atoms with Crippen molar-refractivity contribution in [3.8, 4) is 72.1 Å². The zero-order valence-electron chi connectivity index (χ0n) is 58.8. The average Bonchev–Trinajstić information content (AvgIpc) is 1.66. The van der Waals surface area contributed by atoms with Crippen LogP contribution in [-0.4, -0.2) is 100 Å². The van der Waals surface area contributed by atoms with Crippen molar-refractivity contribution < 1.29 is 48.1 Å². The maximum atomic E-state index is 13.2. The van der Waals surface area contributed by atoms with Crippen molar-refractivity contribution in [2.45, 2.75) is 74.5 Å². The van der Waals surface area contributed by atoms with Gasteiger partial charge in [-0.2, -0.15) is 0 Å². The summed E-state index contributed by atoms with van der Waals surface area (Å²) in [6.45, 7) is 8.08. The van der Waals surface area contributed by atoms with Crippen LogP contribution in [-0.2, 0) is 77.9 Å². The van der Waals surface area contributed by atoms with E-state index in [4.69, 9.17) is 84.2 Å². The van der Waals surface area contributed by atoms with E-state index in [0.717, 1.165) is 143 Å². The molecule has 0 unspecified atom stereocenters. The summed E-state index contributed by atoms with van der Waals surface area (Å²) in [5, 5.41) is 0. The van der Waals surface area contributed by atoms with E-state index in [-0.39, 0.29) is 72.3 Å².